The van der Waals surface area contributed by atoms with Crippen LogP contribution < -0.4 is 5.56 Å². The lowest BCUT2D eigenvalue weighted by atomic mass is 10.1. The third kappa shape index (κ3) is 4.45. The fourth-order valence-electron chi connectivity index (χ4n) is 7.33. The topological polar surface area (TPSA) is 70.5 Å². The summed E-state index contributed by atoms with van der Waals surface area (Å²) < 4.78 is 6.12. The molecule has 0 radical (unpaired) electrons. The molecule has 7 heteroatoms. The molecule has 0 saturated heterocycles. The van der Waals surface area contributed by atoms with Crippen molar-refractivity contribution >= 4 is 43.7 Å². The summed E-state index contributed by atoms with van der Waals surface area (Å²) in [7, 11) is 0. The highest BCUT2D eigenvalue weighted by atomic mass is 16.1. The van der Waals surface area contributed by atoms with Crippen molar-refractivity contribution in [2.45, 2.75) is 0 Å². The molecule has 240 valence electrons. The number of pyridine rings is 1. The largest absolute Gasteiger partial charge is 0.295 e. The summed E-state index contributed by atoms with van der Waals surface area (Å²) in [5.74, 6) is 1.53. The first-order valence-corrected chi connectivity index (χ1v) is 16.9. The molecule has 51 heavy (non-hydrogen) atoms. The molecule has 10 aromatic rings. The standard InChI is InChI=1S/C44H28N6O/c51-43-38-34-26-14-16-28-36(34)50(44-46-40(29-17-5-1-6-18-29)45-41(47-44)30-19-7-2-8-20-30)39(38)37-33-25-13-15-27-35(33)48(31-21-9-3-10-22-31)42(37)49(43)32-23-11-4-12-24-32/h1-28H. The average molecular weight is 657 g/mol. The molecular weight excluding hydrogens is 629 g/mol. The van der Waals surface area contributed by atoms with Crippen molar-refractivity contribution < 1.29 is 0 Å². The minimum absolute atomic E-state index is 0.126. The molecule has 0 N–H and O–H groups in total. The number of hydrogen-bond donors (Lipinski definition) is 0. The first-order chi connectivity index (χ1) is 25.3. The highest BCUT2D eigenvalue weighted by molar-refractivity contribution is 6.25. The molecule has 4 aromatic heterocycles. The number of fused-ring (bicyclic) bond motifs is 7. The first-order valence-electron chi connectivity index (χ1n) is 16.9. The Morgan fingerprint density at radius 3 is 1.37 bits per heavy atom. The highest BCUT2D eigenvalue weighted by Crippen LogP contribution is 2.41. The maximum Gasteiger partial charge on any atom is 0.266 e. The van der Waals surface area contributed by atoms with Gasteiger partial charge in [0.1, 0.15) is 5.65 Å². The van der Waals surface area contributed by atoms with E-state index in [9.17, 15) is 0 Å². The van der Waals surface area contributed by atoms with Gasteiger partial charge in [0, 0.05) is 27.6 Å². The van der Waals surface area contributed by atoms with E-state index < -0.39 is 0 Å². The Bertz CT molecular complexity index is 2910. The van der Waals surface area contributed by atoms with Gasteiger partial charge in [-0.05, 0) is 36.4 Å². The van der Waals surface area contributed by atoms with Gasteiger partial charge in [0.15, 0.2) is 11.6 Å². The molecule has 7 nitrogen and oxygen atoms in total. The molecule has 4 heterocycles. The Hall–Kier alpha value is -7.12. The van der Waals surface area contributed by atoms with Crippen LogP contribution in [0.1, 0.15) is 0 Å². The summed E-state index contributed by atoms with van der Waals surface area (Å²) >= 11 is 0. The second-order valence-electron chi connectivity index (χ2n) is 12.5. The van der Waals surface area contributed by atoms with Crippen LogP contribution in [-0.2, 0) is 0 Å². The van der Waals surface area contributed by atoms with Crippen molar-refractivity contribution in [3.63, 3.8) is 0 Å². The van der Waals surface area contributed by atoms with Gasteiger partial charge >= 0.3 is 0 Å². The van der Waals surface area contributed by atoms with E-state index in [2.05, 4.69) is 39.5 Å². The second kappa shape index (κ2) is 11.5. The van der Waals surface area contributed by atoms with Gasteiger partial charge in [0.25, 0.3) is 5.56 Å². The van der Waals surface area contributed by atoms with Crippen molar-refractivity contribution in [1.29, 1.82) is 0 Å². The lowest BCUT2D eigenvalue weighted by Crippen LogP contribution is -2.21. The molecule has 0 bridgehead atoms. The van der Waals surface area contributed by atoms with Crippen molar-refractivity contribution in [2.75, 3.05) is 0 Å². The van der Waals surface area contributed by atoms with Crippen molar-refractivity contribution in [2.24, 2.45) is 0 Å². The second-order valence-corrected chi connectivity index (χ2v) is 12.5. The molecule has 0 aliphatic rings. The van der Waals surface area contributed by atoms with Crippen LogP contribution >= 0.6 is 0 Å². The van der Waals surface area contributed by atoms with Crippen molar-refractivity contribution in [3.05, 3.63) is 180 Å². The van der Waals surface area contributed by atoms with Gasteiger partial charge in [-0.3, -0.25) is 18.5 Å². The Labute approximate surface area is 292 Å². The summed E-state index contributed by atoms with van der Waals surface area (Å²) in [6, 6.07) is 56.4. The molecule has 0 atom stereocenters. The van der Waals surface area contributed by atoms with E-state index in [1.165, 1.54) is 0 Å². The summed E-state index contributed by atoms with van der Waals surface area (Å²) in [6.07, 6.45) is 0. The van der Waals surface area contributed by atoms with Crippen LogP contribution in [0.5, 0.6) is 0 Å². The van der Waals surface area contributed by atoms with Crippen LogP contribution in [0, 0.1) is 0 Å². The molecule has 0 aliphatic carbocycles. The van der Waals surface area contributed by atoms with Crippen LogP contribution in [-0.4, -0.2) is 28.7 Å². The van der Waals surface area contributed by atoms with Crippen LogP contribution in [0.4, 0.5) is 0 Å². The molecule has 0 fully saturated rings. The van der Waals surface area contributed by atoms with Gasteiger partial charge in [-0.2, -0.15) is 9.97 Å². The summed E-state index contributed by atoms with van der Waals surface area (Å²) in [6.45, 7) is 0. The molecule has 10 rings (SSSR count). The van der Waals surface area contributed by atoms with Crippen LogP contribution in [0.25, 0.3) is 83.8 Å². The average Bonchev–Trinajstić information content (AvgIpc) is 3.73. The molecule has 0 spiro atoms. The zero-order valence-electron chi connectivity index (χ0n) is 27.3. The minimum atomic E-state index is -0.126. The molecule has 6 aromatic carbocycles. The van der Waals surface area contributed by atoms with Crippen LogP contribution in [0.3, 0.4) is 0 Å². The van der Waals surface area contributed by atoms with E-state index >= 15 is 4.79 Å². The Balaban J connectivity index is 1.45. The number of benzene rings is 6. The van der Waals surface area contributed by atoms with Gasteiger partial charge in [0.2, 0.25) is 5.95 Å². The predicted molar refractivity (Wildman–Crippen MR) is 205 cm³/mol. The smallest absolute Gasteiger partial charge is 0.266 e. The third-order valence-corrected chi connectivity index (χ3v) is 9.51. The van der Waals surface area contributed by atoms with Gasteiger partial charge < -0.3 is 0 Å². The molecule has 0 saturated carbocycles. The van der Waals surface area contributed by atoms with Gasteiger partial charge in [-0.15, -0.1) is 0 Å². The van der Waals surface area contributed by atoms with Gasteiger partial charge in [0.05, 0.1) is 33.0 Å². The fraction of sp³-hybridized carbons (Fsp3) is 0. The highest BCUT2D eigenvalue weighted by Gasteiger charge is 2.28. The zero-order chi connectivity index (χ0) is 33.9. The lowest BCUT2D eigenvalue weighted by Gasteiger charge is -2.15. The van der Waals surface area contributed by atoms with Crippen LogP contribution in [0.2, 0.25) is 0 Å². The SMILES string of the molecule is O=c1c2c3ccccc3n(-c3nc(-c4ccccc4)nc(-c4ccccc4)n3)c2c2c3ccccc3n(-c3ccccc3)c2n1-c1ccccc1. The van der Waals surface area contributed by atoms with E-state index in [-0.39, 0.29) is 5.56 Å². The van der Waals surface area contributed by atoms with Crippen molar-refractivity contribution in [3.8, 4) is 40.1 Å². The summed E-state index contributed by atoms with van der Waals surface area (Å²) in [4.78, 5) is 30.6. The van der Waals surface area contributed by atoms with E-state index in [1.54, 1.807) is 0 Å². The summed E-state index contributed by atoms with van der Waals surface area (Å²) in [5, 5.41) is 3.35. The van der Waals surface area contributed by atoms with Gasteiger partial charge in [-0.1, -0.05) is 133 Å². The maximum atomic E-state index is 15.3. The molecule has 0 unspecified atom stereocenters. The monoisotopic (exact) mass is 656 g/mol. The first kappa shape index (κ1) is 28.9. The van der Waals surface area contributed by atoms with E-state index in [0.717, 1.165) is 60.9 Å². The molecule has 0 aliphatic heterocycles. The number of rotatable bonds is 5. The fourth-order valence-corrected chi connectivity index (χ4v) is 7.33. The summed E-state index contributed by atoms with van der Waals surface area (Å²) in [5.41, 5.74) is 6.67. The molecular formula is C44H28N6O. The number of nitrogens with zero attached hydrogens (tertiary/aromatic N) is 6. The van der Waals surface area contributed by atoms with E-state index in [1.807, 2.05) is 144 Å². The number of aromatic nitrogens is 6. The Morgan fingerprint density at radius 1 is 0.392 bits per heavy atom. The Morgan fingerprint density at radius 2 is 0.824 bits per heavy atom. The number of hydrogen-bond acceptors (Lipinski definition) is 4. The van der Waals surface area contributed by atoms with Crippen LogP contribution in [0.15, 0.2) is 175 Å². The third-order valence-electron chi connectivity index (χ3n) is 9.51. The quantitative estimate of drug-likeness (QED) is 0.185. The van der Waals surface area contributed by atoms with Gasteiger partial charge in [-0.25, -0.2) is 4.98 Å². The minimum Gasteiger partial charge on any atom is -0.295 e. The lowest BCUT2D eigenvalue weighted by molar-refractivity contribution is 0.952. The van der Waals surface area contributed by atoms with E-state index in [0.29, 0.717) is 23.0 Å². The number of para-hydroxylation sites is 4. The normalized spacial score (nSPS) is 11.6. The molecule has 0 amide bonds. The maximum absolute atomic E-state index is 15.3. The van der Waals surface area contributed by atoms with Crippen molar-refractivity contribution in [1.82, 2.24) is 28.7 Å². The van der Waals surface area contributed by atoms with E-state index in [4.69, 9.17) is 15.0 Å². The predicted octanol–water partition coefficient (Wildman–Crippen LogP) is 9.55. The zero-order valence-corrected chi connectivity index (χ0v) is 27.3. The Kier molecular flexibility index (Phi) is 6.50.